The molecule has 2 heteroatoms. The molecule has 2 aromatic rings. The van der Waals surface area contributed by atoms with E-state index >= 15 is 0 Å². The number of aromatic nitrogens is 1. The third-order valence-corrected chi connectivity index (χ3v) is 3.08. The van der Waals surface area contributed by atoms with Crippen LogP contribution < -0.4 is 5.73 Å². The van der Waals surface area contributed by atoms with Crippen molar-refractivity contribution >= 4 is 10.9 Å². The molecule has 80 valence electrons. The minimum atomic E-state index is 0.0352. The first-order valence-electron chi connectivity index (χ1n) is 5.33. The Labute approximate surface area is 90.5 Å². The van der Waals surface area contributed by atoms with Gasteiger partial charge in [0.05, 0.1) is 0 Å². The SMILES string of the molecule is Cc1ccc2c(C(C)(C)CN)c[nH]c2c1. The van der Waals surface area contributed by atoms with Gasteiger partial charge in [-0.1, -0.05) is 26.0 Å². The average Bonchev–Trinajstić information content (AvgIpc) is 2.61. The Kier molecular flexibility index (Phi) is 2.31. The predicted octanol–water partition coefficient (Wildman–Crippen LogP) is 2.71. The molecule has 0 spiro atoms. The molecule has 0 saturated carbocycles. The molecule has 1 aromatic carbocycles. The molecule has 2 nitrogen and oxygen atoms in total. The van der Waals surface area contributed by atoms with E-state index in [-0.39, 0.29) is 5.41 Å². The number of aryl methyl sites for hydroxylation is 1. The molecule has 0 amide bonds. The van der Waals surface area contributed by atoms with E-state index in [4.69, 9.17) is 5.73 Å². The summed E-state index contributed by atoms with van der Waals surface area (Å²) in [6.45, 7) is 7.12. The molecule has 0 aliphatic carbocycles. The summed E-state index contributed by atoms with van der Waals surface area (Å²) in [6.07, 6.45) is 2.08. The van der Waals surface area contributed by atoms with E-state index in [9.17, 15) is 0 Å². The van der Waals surface area contributed by atoms with Crippen LogP contribution in [-0.4, -0.2) is 11.5 Å². The Bertz CT molecular complexity index is 480. The fraction of sp³-hybridized carbons (Fsp3) is 0.385. The van der Waals surface area contributed by atoms with E-state index in [1.54, 1.807) is 0 Å². The number of nitrogens with one attached hydrogen (secondary N) is 1. The molecule has 0 unspecified atom stereocenters. The van der Waals surface area contributed by atoms with Gasteiger partial charge in [-0.05, 0) is 24.1 Å². The molecule has 2 rings (SSSR count). The van der Waals surface area contributed by atoms with E-state index in [1.165, 1.54) is 22.0 Å². The minimum Gasteiger partial charge on any atom is -0.361 e. The van der Waals surface area contributed by atoms with E-state index in [0.29, 0.717) is 6.54 Å². The third-order valence-electron chi connectivity index (χ3n) is 3.08. The number of hydrogen-bond acceptors (Lipinski definition) is 1. The Hall–Kier alpha value is -1.28. The number of hydrogen-bond donors (Lipinski definition) is 2. The maximum atomic E-state index is 5.80. The van der Waals surface area contributed by atoms with Crippen LogP contribution in [0.2, 0.25) is 0 Å². The van der Waals surface area contributed by atoms with Crippen LogP contribution in [0.1, 0.15) is 25.0 Å². The van der Waals surface area contributed by atoms with Crippen molar-refractivity contribution < 1.29 is 0 Å². The van der Waals surface area contributed by atoms with Crippen LogP contribution in [0.3, 0.4) is 0 Å². The van der Waals surface area contributed by atoms with Gasteiger partial charge in [0, 0.05) is 29.1 Å². The molecule has 0 aliphatic heterocycles. The smallest absolute Gasteiger partial charge is 0.0459 e. The number of benzene rings is 1. The van der Waals surface area contributed by atoms with Crippen molar-refractivity contribution in [3.63, 3.8) is 0 Å². The summed E-state index contributed by atoms with van der Waals surface area (Å²) in [4.78, 5) is 3.31. The highest BCUT2D eigenvalue weighted by atomic mass is 14.7. The number of aromatic amines is 1. The van der Waals surface area contributed by atoms with Crippen LogP contribution >= 0.6 is 0 Å². The number of H-pyrrole nitrogens is 1. The van der Waals surface area contributed by atoms with Crippen molar-refractivity contribution in [3.8, 4) is 0 Å². The normalized spacial score (nSPS) is 12.3. The van der Waals surface area contributed by atoms with Gasteiger partial charge in [-0.3, -0.25) is 0 Å². The van der Waals surface area contributed by atoms with Crippen molar-refractivity contribution in [3.05, 3.63) is 35.5 Å². The highest BCUT2D eigenvalue weighted by Gasteiger charge is 2.21. The molecule has 15 heavy (non-hydrogen) atoms. The lowest BCUT2D eigenvalue weighted by Crippen LogP contribution is -2.27. The standard InChI is InChI=1S/C13H18N2/c1-9-4-5-10-11(13(2,3)8-14)7-15-12(10)6-9/h4-7,15H,8,14H2,1-3H3. The molecule has 1 heterocycles. The highest BCUT2D eigenvalue weighted by Crippen LogP contribution is 2.29. The number of nitrogens with two attached hydrogens (primary N) is 1. The zero-order valence-corrected chi connectivity index (χ0v) is 9.59. The summed E-state index contributed by atoms with van der Waals surface area (Å²) in [5.41, 5.74) is 9.62. The summed E-state index contributed by atoms with van der Waals surface area (Å²) in [7, 11) is 0. The largest absolute Gasteiger partial charge is 0.361 e. The molecule has 0 fully saturated rings. The fourth-order valence-electron chi connectivity index (χ4n) is 1.91. The fourth-order valence-corrected chi connectivity index (χ4v) is 1.91. The van der Waals surface area contributed by atoms with Crippen molar-refractivity contribution in [2.24, 2.45) is 5.73 Å². The van der Waals surface area contributed by atoms with E-state index in [1.807, 2.05) is 0 Å². The zero-order valence-electron chi connectivity index (χ0n) is 9.59. The first kappa shape index (κ1) is 10.2. The van der Waals surface area contributed by atoms with E-state index < -0.39 is 0 Å². The third kappa shape index (κ3) is 1.65. The van der Waals surface area contributed by atoms with Gasteiger partial charge in [0.2, 0.25) is 0 Å². The monoisotopic (exact) mass is 202 g/mol. The van der Waals surface area contributed by atoms with Crippen molar-refractivity contribution in [2.45, 2.75) is 26.2 Å². The lowest BCUT2D eigenvalue weighted by atomic mass is 9.84. The van der Waals surface area contributed by atoms with Gasteiger partial charge in [-0.15, -0.1) is 0 Å². The Morgan fingerprint density at radius 1 is 1.33 bits per heavy atom. The second-order valence-corrected chi connectivity index (χ2v) is 4.84. The molecule has 0 aliphatic rings. The van der Waals surface area contributed by atoms with Crippen LogP contribution in [0.4, 0.5) is 0 Å². The van der Waals surface area contributed by atoms with Gasteiger partial charge in [-0.25, -0.2) is 0 Å². The predicted molar refractivity (Wildman–Crippen MR) is 65.1 cm³/mol. The van der Waals surface area contributed by atoms with Gasteiger partial charge in [0.15, 0.2) is 0 Å². The van der Waals surface area contributed by atoms with Crippen LogP contribution in [0.5, 0.6) is 0 Å². The minimum absolute atomic E-state index is 0.0352. The zero-order chi connectivity index (χ0) is 11.1. The van der Waals surface area contributed by atoms with Gasteiger partial charge in [0.1, 0.15) is 0 Å². The number of rotatable bonds is 2. The molecule has 0 bridgehead atoms. The molecule has 0 atom stereocenters. The first-order valence-corrected chi connectivity index (χ1v) is 5.33. The van der Waals surface area contributed by atoms with Crippen molar-refractivity contribution in [2.75, 3.05) is 6.54 Å². The molecular formula is C13H18N2. The summed E-state index contributed by atoms with van der Waals surface area (Å²) < 4.78 is 0. The molecule has 1 aromatic heterocycles. The van der Waals surface area contributed by atoms with E-state index in [0.717, 1.165) is 0 Å². The number of fused-ring (bicyclic) bond motifs is 1. The van der Waals surface area contributed by atoms with Gasteiger partial charge < -0.3 is 10.7 Å². The first-order chi connectivity index (χ1) is 7.04. The Morgan fingerprint density at radius 3 is 2.73 bits per heavy atom. The molecule has 0 radical (unpaired) electrons. The highest BCUT2D eigenvalue weighted by molar-refractivity contribution is 5.84. The van der Waals surface area contributed by atoms with Crippen molar-refractivity contribution in [1.82, 2.24) is 4.98 Å². The second-order valence-electron chi connectivity index (χ2n) is 4.84. The Balaban J connectivity index is 2.64. The van der Waals surface area contributed by atoms with Gasteiger partial charge in [-0.2, -0.15) is 0 Å². The Morgan fingerprint density at radius 2 is 2.07 bits per heavy atom. The summed E-state index contributed by atoms with van der Waals surface area (Å²) in [5.74, 6) is 0. The van der Waals surface area contributed by atoms with Crippen molar-refractivity contribution in [1.29, 1.82) is 0 Å². The summed E-state index contributed by atoms with van der Waals surface area (Å²) in [6, 6.07) is 6.49. The summed E-state index contributed by atoms with van der Waals surface area (Å²) >= 11 is 0. The molecule has 3 N–H and O–H groups in total. The van der Waals surface area contributed by atoms with Crippen LogP contribution in [0.25, 0.3) is 10.9 Å². The second kappa shape index (κ2) is 3.38. The lowest BCUT2D eigenvalue weighted by molar-refractivity contribution is 0.544. The van der Waals surface area contributed by atoms with Gasteiger partial charge in [0.25, 0.3) is 0 Å². The van der Waals surface area contributed by atoms with Crippen LogP contribution in [0, 0.1) is 6.92 Å². The molecular weight excluding hydrogens is 184 g/mol. The lowest BCUT2D eigenvalue weighted by Gasteiger charge is -2.21. The quantitative estimate of drug-likeness (QED) is 0.772. The maximum Gasteiger partial charge on any atom is 0.0459 e. The topological polar surface area (TPSA) is 41.8 Å². The molecule has 0 saturated heterocycles. The van der Waals surface area contributed by atoms with Crippen LogP contribution in [-0.2, 0) is 5.41 Å². The summed E-state index contributed by atoms with van der Waals surface area (Å²) in [5, 5.41) is 1.29. The maximum absolute atomic E-state index is 5.80. The van der Waals surface area contributed by atoms with E-state index in [2.05, 4.69) is 50.2 Å². The van der Waals surface area contributed by atoms with Crippen LogP contribution in [0.15, 0.2) is 24.4 Å². The van der Waals surface area contributed by atoms with Gasteiger partial charge >= 0.3 is 0 Å². The average molecular weight is 202 g/mol.